The van der Waals surface area contributed by atoms with Gasteiger partial charge in [0, 0.05) is 18.3 Å². The zero-order chi connectivity index (χ0) is 14.7. The summed E-state index contributed by atoms with van der Waals surface area (Å²) in [5.74, 6) is 0.855. The Bertz CT molecular complexity index is 702. The number of benzene rings is 1. The van der Waals surface area contributed by atoms with Crippen LogP contribution in [0.1, 0.15) is 23.9 Å². The largest absolute Gasteiger partial charge is 0.341 e. The van der Waals surface area contributed by atoms with Gasteiger partial charge in [0.2, 0.25) is 0 Å². The first-order valence-corrected chi connectivity index (χ1v) is 7.14. The van der Waals surface area contributed by atoms with E-state index in [1.165, 1.54) is 0 Å². The van der Waals surface area contributed by atoms with Crippen molar-refractivity contribution in [2.75, 3.05) is 18.9 Å². The van der Waals surface area contributed by atoms with Crippen molar-refractivity contribution in [2.24, 2.45) is 9.98 Å². The molecule has 106 valence electrons. The highest BCUT2D eigenvalue weighted by molar-refractivity contribution is 6.18. The van der Waals surface area contributed by atoms with E-state index in [0.717, 1.165) is 40.6 Å². The maximum Gasteiger partial charge on any atom is 0.122 e. The second-order valence-corrected chi connectivity index (χ2v) is 4.88. The molecule has 0 unspecified atom stereocenters. The van der Waals surface area contributed by atoms with Crippen molar-refractivity contribution in [2.45, 2.75) is 13.3 Å². The number of amidine groups is 1. The number of anilines is 1. The number of nitrogens with one attached hydrogen (secondary N) is 1. The summed E-state index contributed by atoms with van der Waals surface area (Å²) in [7, 11) is 1.78. The van der Waals surface area contributed by atoms with Gasteiger partial charge in [0.25, 0.3) is 0 Å². The van der Waals surface area contributed by atoms with E-state index >= 15 is 0 Å². The Labute approximate surface area is 124 Å². The average Bonchev–Trinajstić information content (AvgIpc) is 2.74. The standard InChI is InChI=1S/C17H18N4/c1-3-13-9-10-14-17(20-13)16(12-7-5-4-6-8-12)19-11-15(18-2)21-14/h4-10H,3,11H2,1-2H3,(H,18,21). The summed E-state index contributed by atoms with van der Waals surface area (Å²) in [6.07, 6.45) is 0.907. The molecule has 3 rings (SSSR count). The van der Waals surface area contributed by atoms with Crippen LogP contribution in [0.25, 0.3) is 0 Å². The van der Waals surface area contributed by atoms with Crippen LogP contribution in [0.3, 0.4) is 0 Å². The van der Waals surface area contributed by atoms with Gasteiger partial charge in [-0.3, -0.25) is 9.98 Å². The fourth-order valence-electron chi connectivity index (χ4n) is 2.35. The molecule has 2 heterocycles. The maximum atomic E-state index is 4.77. The van der Waals surface area contributed by atoms with Crippen molar-refractivity contribution < 1.29 is 0 Å². The highest BCUT2D eigenvalue weighted by Gasteiger charge is 2.18. The Kier molecular flexibility index (Phi) is 3.77. The van der Waals surface area contributed by atoms with Gasteiger partial charge in [-0.15, -0.1) is 0 Å². The lowest BCUT2D eigenvalue weighted by atomic mass is 10.0. The smallest absolute Gasteiger partial charge is 0.122 e. The lowest BCUT2D eigenvalue weighted by Gasteiger charge is -2.11. The Hall–Kier alpha value is -2.49. The topological polar surface area (TPSA) is 49.6 Å². The molecule has 0 saturated heterocycles. The van der Waals surface area contributed by atoms with Gasteiger partial charge < -0.3 is 5.32 Å². The third-order valence-corrected chi connectivity index (χ3v) is 3.52. The highest BCUT2D eigenvalue weighted by atomic mass is 15.0. The predicted octanol–water partition coefficient (Wildman–Crippen LogP) is 2.94. The molecule has 1 aliphatic rings. The van der Waals surface area contributed by atoms with E-state index in [9.17, 15) is 0 Å². The summed E-state index contributed by atoms with van der Waals surface area (Å²) in [5, 5.41) is 3.33. The fraction of sp³-hybridized carbons (Fsp3) is 0.235. The third kappa shape index (κ3) is 2.70. The number of hydrogen-bond acceptors (Lipinski definition) is 3. The van der Waals surface area contributed by atoms with Crippen molar-refractivity contribution in [3.8, 4) is 0 Å². The molecule has 0 aliphatic carbocycles. The molecule has 0 bridgehead atoms. The Balaban J connectivity index is 2.18. The fourth-order valence-corrected chi connectivity index (χ4v) is 2.35. The molecular weight excluding hydrogens is 260 g/mol. The van der Waals surface area contributed by atoms with Crippen molar-refractivity contribution in [1.82, 2.24) is 4.98 Å². The normalized spacial score (nSPS) is 15.9. The molecule has 2 aromatic rings. The minimum absolute atomic E-state index is 0.540. The monoisotopic (exact) mass is 278 g/mol. The zero-order valence-electron chi connectivity index (χ0n) is 12.3. The molecular formula is C17H18N4. The lowest BCUT2D eigenvalue weighted by molar-refractivity contribution is 1.03. The summed E-state index contributed by atoms with van der Waals surface area (Å²) < 4.78 is 0. The van der Waals surface area contributed by atoms with E-state index in [4.69, 9.17) is 9.98 Å². The number of rotatable bonds is 2. The molecule has 4 nitrogen and oxygen atoms in total. The Morgan fingerprint density at radius 3 is 2.67 bits per heavy atom. The molecule has 0 radical (unpaired) electrons. The number of hydrogen-bond donors (Lipinski definition) is 1. The van der Waals surface area contributed by atoms with Gasteiger partial charge >= 0.3 is 0 Å². The number of nitrogens with zero attached hydrogens (tertiary/aromatic N) is 3. The number of aromatic nitrogens is 1. The predicted molar refractivity (Wildman–Crippen MR) is 87.5 cm³/mol. The van der Waals surface area contributed by atoms with Gasteiger partial charge in [-0.2, -0.15) is 0 Å². The van der Waals surface area contributed by atoms with Gasteiger partial charge in [-0.25, -0.2) is 4.98 Å². The third-order valence-electron chi connectivity index (χ3n) is 3.52. The molecule has 1 aliphatic heterocycles. The molecule has 4 heteroatoms. The van der Waals surface area contributed by atoms with Crippen LogP contribution in [0.4, 0.5) is 5.69 Å². The van der Waals surface area contributed by atoms with Crippen LogP contribution in [-0.4, -0.2) is 30.1 Å². The minimum Gasteiger partial charge on any atom is -0.341 e. The van der Waals surface area contributed by atoms with Crippen LogP contribution in [0.5, 0.6) is 0 Å². The van der Waals surface area contributed by atoms with Crippen LogP contribution in [0, 0.1) is 0 Å². The van der Waals surface area contributed by atoms with E-state index in [0.29, 0.717) is 6.54 Å². The van der Waals surface area contributed by atoms with Crippen LogP contribution < -0.4 is 5.32 Å². The summed E-state index contributed by atoms with van der Waals surface area (Å²) in [6, 6.07) is 14.3. The maximum absolute atomic E-state index is 4.77. The number of fused-ring (bicyclic) bond motifs is 1. The molecule has 1 aromatic carbocycles. The lowest BCUT2D eigenvalue weighted by Crippen LogP contribution is -2.14. The van der Waals surface area contributed by atoms with Crippen LogP contribution in [0.15, 0.2) is 52.4 Å². The molecule has 0 amide bonds. The Morgan fingerprint density at radius 1 is 1.14 bits per heavy atom. The Morgan fingerprint density at radius 2 is 1.95 bits per heavy atom. The molecule has 0 atom stereocenters. The molecule has 0 fully saturated rings. The van der Waals surface area contributed by atoms with Crippen molar-refractivity contribution in [3.63, 3.8) is 0 Å². The molecule has 0 saturated carbocycles. The van der Waals surface area contributed by atoms with Crippen LogP contribution in [0.2, 0.25) is 0 Å². The highest BCUT2D eigenvalue weighted by Crippen LogP contribution is 2.21. The number of pyridine rings is 1. The van der Waals surface area contributed by atoms with E-state index < -0.39 is 0 Å². The zero-order valence-corrected chi connectivity index (χ0v) is 12.3. The first-order chi connectivity index (χ1) is 10.3. The van der Waals surface area contributed by atoms with E-state index in [2.05, 4.69) is 35.4 Å². The first-order valence-electron chi connectivity index (χ1n) is 7.14. The molecule has 21 heavy (non-hydrogen) atoms. The average molecular weight is 278 g/mol. The van der Waals surface area contributed by atoms with Crippen molar-refractivity contribution in [1.29, 1.82) is 0 Å². The quantitative estimate of drug-likeness (QED) is 0.918. The van der Waals surface area contributed by atoms with E-state index in [1.807, 2.05) is 24.3 Å². The van der Waals surface area contributed by atoms with Gasteiger partial charge in [-0.1, -0.05) is 37.3 Å². The van der Waals surface area contributed by atoms with Gasteiger partial charge in [0.15, 0.2) is 0 Å². The number of aliphatic imine (C=N–C) groups is 2. The molecule has 0 spiro atoms. The second kappa shape index (κ2) is 5.87. The van der Waals surface area contributed by atoms with Crippen molar-refractivity contribution >= 4 is 17.2 Å². The summed E-state index contributed by atoms with van der Waals surface area (Å²) in [4.78, 5) is 13.7. The minimum atomic E-state index is 0.540. The molecule has 1 N–H and O–H groups in total. The van der Waals surface area contributed by atoms with Gasteiger partial charge in [0.1, 0.15) is 11.5 Å². The second-order valence-electron chi connectivity index (χ2n) is 4.88. The summed E-state index contributed by atoms with van der Waals surface area (Å²) in [5.41, 5.74) is 4.94. The first kappa shape index (κ1) is 13.5. The van der Waals surface area contributed by atoms with Crippen molar-refractivity contribution in [3.05, 3.63) is 59.4 Å². The van der Waals surface area contributed by atoms with Gasteiger partial charge in [0.05, 0.1) is 17.9 Å². The van der Waals surface area contributed by atoms with Crippen LogP contribution >= 0.6 is 0 Å². The number of aryl methyl sites for hydroxylation is 1. The SMILES string of the molecule is CCc1ccc2c(n1)C(c1ccccc1)=NCC(=NC)N2. The summed E-state index contributed by atoms with van der Waals surface area (Å²) >= 11 is 0. The van der Waals surface area contributed by atoms with Crippen LogP contribution in [-0.2, 0) is 6.42 Å². The molecule has 1 aromatic heterocycles. The summed E-state index contributed by atoms with van der Waals surface area (Å²) in [6.45, 7) is 2.65. The van der Waals surface area contributed by atoms with E-state index in [1.54, 1.807) is 7.05 Å². The van der Waals surface area contributed by atoms with Gasteiger partial charge in [-0.05, 0) is 18.6 Å². The van der Waals surface area contributed by atoms with E-state index in [-0.39, 0.29) is 0 Å².